The normalized spacial score (nSPS) is 46.4. The van der Waals surface area contributed by atoms with Crippen LogP contribution in [0.5, 0.6) is 0 Å². The average Bonchev–Trinajstić information content (AvgIpc) is 2.11. The zero-order chi connectivity index (χ0) is 10.0. The molecule has 0 spiro atoms. The van der Waals surface area contributed by atoms with Gasteiger partial charge in [0.15, 0.2) is 6.29 Å². The smallest absolute Gasteiger partial charge is 0.183 e. The summed E-state index contributed by atoms with van der Waals surface area (Å²) < 4.78 is 4.76. The van der Waals surface area contributed by atoms with Crippen LogP contribution in [0.4, 0.5) is 0 Å². The van der Waals surface area contributed by atoms with Gasteiger partial charge in [0.25, 0.3) is 0 Å². The van der Waals surface area contributed by atoms with Gasteiger partial charge in [-0.25, -0.2) is 0 Å². The highest BCUT2D eigenvalue weighted by Crippen LogP contribution is 2.21. The maximum absolute atomic E-state index is 9.30. The first-order valence-electron chi connectivity index (χ1n) is 4.06. The van der Waals surface area contributed by atoms with Crippen LogP contribution in [-0.2, 0) is 4.74 Å². The maximum Gasteiger partial charge on any atom is 0.183 e. The first-order valence-corrected chi connectivity index (χ1v) is 4.06. The number of rotatable bonds is 2. The molecule has 0 aromatic rings. The Labute approximate surface area is 75.0 Å². The molecule has 5 N–H and O–H groups in total. The number of hydrogen-bond acceptors (Lipinski definition) is 6. The van der Waals surface area contributed by atoms with E-state index in [-0.39, 0.29) is 13.0 Å². The molecular weight excluding hydrogens is 180 g/mol. The van der Waals surface area contributed by atoms with E-state index in [0.717, 1.165) is 0 Å². The molecule has 6 heteroatoms. The molecule has 5 atom stereocenters. The van der Waals surface area contributed by atoms with E-state index in [1.807, 2.05) is 0 Å². The minimum absolute atomic E-state index is 0.0992. The van der Waals surface area contributed by atoms with Gasteiger partial charge < -0.3 is 30.3 Å². The third-order valence-electron chi connectivity index (χ3n) is 2.10. The van der Waals surface area contributed by atoms with Crippen molar-refractivity contribution in [2.45, 2.75) is 37.1 Å². The van der Waals surface area contributed by atoms with E-state index in [1.54, 1.807) is 0 Å². The molecule has 0 amide bonds. The summed E-state index contributed by atoms with van der Waals surface area (Å²) in [5.74, 6) is 0. The Morgan fingerprint density at radius 1 is 0.923 bits per heavy atom. The molecule has 1 saturated heterocycles. The standard InChI is InChI=1S/C7H14O6/c8-2-1-3-4(9)5(10)6(11)7(12)13-3/h3-12H,1-2H2/t3-,4+,5-,6-,7?/m0/s1. The van der Waals surface area contributed by atoms with Crippen molar-refractivity contribution >= 4 is 0 Å². The lowest BCUT2D eigenvalue weighted by Crippen LogP contribution is -2.57. The summed E-state index contributed by atoms with van der Waals surface area (Å²) in [4.78, 5) is 0. The molecule has 1 rings (SSSR count). The first-order chi connectivity index (χ1) is 6.07. The highest BCUT2D eigenvalue weighted by molar-refractivity contribution is 4.88. The van der Waals surface area contributed by atoms with Crippen LogP contribution in [-0.4, -0.2) is 62.8 Å². The molecule has 1 fully saturated rings. The Bertz CT molecular complexity index is 163. The largest absolute Gasteiger partial charge is 0.396 e. The summed E-state index contributed by atoms with van der Waals surface area (Å²) in [7, 11) is 0. The zero-order valence-electron chi connectivity index (χ0n) is 6.95. The van der Waals surface area contributed by atoms with Crippen molar-refractivity contribution in [1.82, 2.24) is 0 Å². The molecule has 0 aromatic carbocycles. The number of aliphatic hydroxyl groups is 5. The highest BCUT2D eigenvalue weighted by Gasteiger charge is 2.42. The van der Waals surface area contributed by atoms with Crippen LogP contribution in [0.1, 0.15) is 6.42 Å². The minimum atomic E-state index is -1.52. The van der Waals surface area contributed by atoms with Crippen molar-refractivity contribution < 1.29 is 30.3 Å². The fourth-order valence-corrected chi connectivity index (χ4v) is 1.30. The minimum Gasteiger partial charge on any atom is -0.396 e. The molecule has 0 radical (unpaired) electrons. The van der Waals surface area contributed by atoms with Crippen LogP contribution < -0.4 is 0 Å². The van der Waals surface area contributed by atoms with Crippen LogP contribution in [0.25, 0.3) is 0 Å². The Morgan fingerprint density at radius 2 is 1.54 bits per heavy atom. The van der Waals surface area contributed by atoms with Crippen LogP contribution in [0.2, 0.25) is 0 Å². The number of aliphatic hydroxyl groups excluding tert-OH is 5. The van der Waals surface area contributed by atoms with Gasteiger partial charge in [0.05, 0.1) is 6.10 Å². The molecule has 1 aliphatic heterocycles. The second-order valence-corrected chi connectivity index (χ2v) is 3.05. The SMILES string of the molecule is OCC[C@@H]1OC(O)[C@@H](O)[C@@H](O)[C@@H]1O. The third kappa shape index (κ3) is 2.16. The Balaban J connectivity index is 2.59. The van der Waals surface area contributed by atoms with Crippen LogP contribution in [0.3, 0.4) is 0 Å². The number of hydrogen-bond donors (Lipinski definition) is 5. The molecule has 1 unspecified atom stereocenters. The summed E-state index contributed by atoms with van der Waals surface area (Å²) in [6, 6.07) is 0. The van der Waals surface area contributed by atoms with Crippen molar-refractivity contribution in [3.63, 3.8) is 0 Å². The van der Waals surface area contributed by atoms with Crippen molar-refractivity contribution in [1.29, 1.82) is 0 Å². The van der Waals surface area contributed by atoms with Gasteiger partial charge in [0.1, 0.15) is 18.3 Å². The molecule has 1 aliphatic rings. The average molecular weight is 194 g/mol. The molecule has 1 heterocycles. The van der Waals surface area contributed by atoms with Crippen molar-refractivity contribution in [2.75, 3.05) is 6.61 Å². The predicted molar refractivity (Wildman–Crippen MR) is 40.6 cm³/mol. The predicted octanol–water partition coefficient (Wildman–Crippen LogP) is -2.83. The maximum atomic E-state index is 9.30. The molecule has 13 heavy (non-hydrogen) atoms. The summed E-state index contributed by atoms with van der Waals surface area (Å²) in [6.07, 6.45) is -6.51. The molecule has 0 saturated carbocycles. The summed E-state index contributed by atoms with van der Waals surface area (Å²) >= 11 is 0. The van der Waals surface area contributed by atoms with E-state index in [1.165, 1.54) is 0 Å². The second kappa shape index (κ2) is 4.32. The first kappa shape index (κ1) is 10.8. The van der Waals surface area contributed by atoms with Gasteiger partial charge in [-0.2, -0.15) is 0 Å². The Hall–Kier alpha value is -0.240. The molecule has 0 aromatic heterocycles. The van der Waals surface area contributed by atoms with Gasteiger partial charge in [-0.3, -0.25) is 0 Å². The van der Waals surface area contributed by atoms with Gasteiger partial charge in [-0.1, -0.05) is 0 Å². The van der Waals surface area contributed by atoms with E-state index in [4.69, 9.17) is 20.1 Å². The van der Waals surface area contributed by atoms with Crippen LogP contribution >= 0.6 is 0 Å². The van der Waals surface area contributed by atoms with Gasteiger partial charge >= 0.3 is 0 Å². The molecule has 0 aliphatic carbocycles. The van der Waals surface area contributed by atoms with Gasteiger partial charge in [-0.05, 0) is 6.42 Å². The van der Waals surface area contributed by atoms with Crippen molar-refractivity contribution in [3.05, 3.63) is 0 Å². The van der Waals surface area contributed by atoms with Gasteiger partial charge in [0.2, 0.25) is 0 Å². The van der Waals surface area contributed by atoms with E-state index in [2.05, 4.69) is 0 Å². The van der Waals surface area contributed by atoms with E-state index < -0.39 is 30.7 Å². The highest BCUT2D eigenvalue weighted by atomic mass is 16.6. The summed E-state index contributed by atoms with van der Waals surface area (Å²) in [5, 5.41) is 45.1. The molecular formula is C7H14O6. The monoisotopic (exact) mass is 194 g/mol. The topological polar surface area (TPSA) is 110 Å². The van der Waals surface area contributed by atoms with E-state index in [0.29, 0.717) is 0 Å². The Kier molecular flexibility index (Phi) is 3.60. The Morgan fingerprint density at radius 3 is 2.08 bits per heavy atom. The van der Waals surface area contributed by atoms with Crippen molar-refractivity contribution in [3.8, 4) is 0 Å². The van der Waals surface area contributed by atoms with Crippen LogP contribution in [0, 0.1) is 0 Å². The quantitative estimate of drug-likeness (QED) is 0.324. The lowest BCUT2D eigenvalue weighted by molar-refractivity contribution is -0.283. The molecule has 78 valence electrons. The lowest BCUT2D eigenvalue weighted by Gasteiger charge is -2.38. The van der Waals surface area contributed by atoms with Gasteiger partial charge in [0, 0.05) is 6.61 Å². The number of ether oxygens (including phenoxy) is 1. The summed E-state index contributed by atoms with van der Waals surface area (Å²) in [6.45, 7) is -0.225. The van der Waals surface area contributed by atoms with Crippen molar-refractivity contribution in [2.24, 2.45) is 0 Å². The van der Waals surface area contributed by atoms with Crippen LogP contribution in [0.15, 0.2) is 0 Å². The van der Waals surface area contributed by atoms with E-state index >= 15 is 0 Å². The fraction of sp³-hybridized carbons (Fsp3) is 1.00. The molecule has 6 nitrogen and oxygen atoms in total. The zero-order valence-corrected chi connectivity index (χ0v) is 6.95. The summed E-state index contributed by atoms with van der Waals surface area (Å²) in [5.41, 5.74) is 0. The molecule has 0 bridgehead atoms. The second-order valence-electron chi connectivity index (χ2n) is 3.05. The lowest BCUT2D eigenvalue weighted by atomic mass is 9.97. The fourth-order valence-electron chi connectivity index (χ4n) is 1.30. The van der Waals surface area contributed by atoms with Gasteiger partial charge in [-0.15, -0.1) is 0 Å². The third-order valence-corrected chi connectivity index (χ3v) is 2.10. The van der Waals surface area contributed by atoms with E-state index in [9.17, 15) is 10.2 Å².